The second-order valence-corrected chi connectivity index (χ2v) is 6.61. The molecule has 30 heavy (non-hydrogen) atoms. The first-order valence-electron chi connectivity index (χ1n) is 9.29. The molecule has 0 bridgehead atoms. The molecule has 0 spiro atoms. The number of methoxy groups -OCH3 is 1. The lowest BCUT2D eigenvalue weighted by molar-refractivity contribution is -0.131. The highest BCUT2D eigenvalue weighted by Gasteiger charge is 2.24. The number of ether oxygens (including phenoxy) is 1. The van der Waals surface area contributed by atoms with Gasteiger partial charge in [-0.25, -0.2) is 4.79 Å². The van der Waals surface area contributed by atoms with Gasteiger partial charge >= 0.3 is 5.97 Å². The van der Waals surface area contributed by atoms with Crippen molar-refractivity contribution in [2.24, 2.45) is 0 Å². The Morgan fingerprint density at radius 1 is 1.03 bits per heavy atom. The standard InChI is InChI=1S/C22H22N2O6/c1-30-15-6-3-13(4-7-15)21(29)20(22-23-9-2-10-24-22)16-12-18(26)17(25)11-14(16)5-8-19(27)28/h3-8,11-12,23-26H,2,9-10H2,1H3,(H,27,28)/b8-5+. The van der Waals surface area contributed by atoms with Crippen molar-refractivity contribution in [3.63, 3.8) is 0 Å². The number of carboxylic acid groups (broad SMARTS) is 1. The predicted molar refractivity (Wildman–Crippen MR) is 111 cm³/mol. The van der Waals surface area contributed by atoms with E-state index in [-0.39, 0.29) is 22.5 Å². The van der Waals surface area contributed by atoms with E-state index in [0.717, 1.165) is 12.5 Å². The molecule has 2 aromatic carbocycles. The zero-order chi connectivity index (χ0) is 21.7. The zero-order valence-electron chi connectivity index (χ0n) is 16.3. The van der Waals surface area contributed by atoms with E-state index >= 15 is 0 Å². The molecule has 0 radical (unpaired) electrons. The van der Waals surface area contributed by atoms with E-state index in [1.54, 1.807) is 24.3 Å². The Kier molecular flexibility index (Phi) is 6.26. The van der Waals surface area contributed by atoms with Gasteiger partial charge < -0.3 is 30.7 Å². The first kappa shape index (κ1) is 20.8. The van der Waals surface area contributed by atoms with Crippen LogP contribution in [-0.4, -0.2) is 47.3 Å². The van der Waals surface area contributed by atoms with Crippen molar-refractivity contribution in [3.05, 3.63) is 65.0 Å². The SMILES string of the molecule is COc1ccc(C(=O)C(=C2NCCCN2)c2cc(O)c(O)cc2/C=C/C(=O)O)cc1. The van der Waals surface area contributed by atoms with Gasteiger partial charge in [-0.05, 0) is 54.5 Å². The monoisotopic (exact) mass is 410 g/mol. The number of phenolic OH excluding ortho intramolecular Hbond substituents is 2. The fourth-order valence-corrected chi connectivity index (χ4v) is 3.12. The van der Waals surface area contributed by atoms with E-state index in [4.69, 9.17) is 9.84 Å². The topological polar surface area (TPSA) is 128 Å². The zero-order valence-corrected chi connectivity index (χ0v) is 16.3. The molecule has 0 amide bonds. The molecule has 0 saturated carbocycles. The summed E-state index contributed by atoms with van der Waals surface area (Å²) in [6.45, 7) is 1.29. The van der Waals surface area contributed by atoms with Gasteiger partial charge in [-0.1, -0.05) is 0 Å². The fraction of sp³-hybridized carbons (Fsp3) is 0.182. The molecule has 0 aliphatic carbocycles. The van der Waals surface area contributed by atoms with E-state index in [0.29, 0.717) is 30.2 Å². The second kappa shape index (κ2) is 9.04. The van der Waals surface area contributed by atoms with Crippen molar-refractivity contribution in [3.8, 4) is 17.2 Å². The number of carbonyl (C=O) groups excluding carboxylic acids is 1. The molecule has 3 rings (SSSR count). The molecule has 0 unspecified atom stereocenters. The summed E-state index contributed by atoms with van der Waals surface area (Å²) in [7, 11) is 1.53. The van der Waals surface area contributed by atoms with Gasteiger partial charge in [0.15, 0.2) is 17.3 Å². The number of hydrogen-bond donors (Lipinski definition) is 5. The Morgan fingerprint density at radius 3 is 2.27 bits per heavy atom. The van der Waals surface area contributed by atoms with E-state index < -0.39 is 17.5 Å². The lowest BCUT2D eigenvalue weighted by Gasteiger charge is -2.24. The maximum Gasteiger partial charge on any atom is 0.328 e. The molecule has 1 aliphatic rings. The van der Waals surface area contributed by atoms with Crippen LogP contribution in [0.5, 0.6) is 17.2 Å². The minimum atomic E-state index is -1.18. The van der Waals surface area contributed by atoms with Crippen molar-refractivity contribution < 1.29 is 29.6 Å². The number of aliphatic carboxylic acids is 1. The number of ketones is 1. The number of allylic oxidation sites excluding steroid dienone is 1. The van der Waals surface area contributed by atoms with E-state index in [1.165, 1.54) is 25.3 Å². The lowest BCUT2D eigenvalue weighted by atomic mass is 9.91. The Bertz CT molecular complexity index is 1020. The van der Waals surface area contributed by atoms with Gasteiger partial charge in [0.2, 0.25) is 0 Å². The van der Waals surface area contributed by atoms with Crippen LogP contribution in [0.4, 0.5) is 0 Å². The number of rotatable bonds is 6. The maximum absolute atomic E-state index is 13.5. The van der Waals surface area contributed by atoms with Crippen LogP contribution in [0.3, 0.4) is 0 Å². The smallest absolute Gasteiger partial charge is 0.328 e. The molecule has 1 fully saturated rings. The summed E-state index contributed by atoms with van der Waals surface area (Å²) in [5.74, 6) is -1.30. The highest BCUT2D eigenvalue weighted by atomic mass is 16.5. The average molecular weight is 410 g/mol. The number of nitrogens with one attached hydrogen (secondary N) is 2. The lowest BCUT2D eigenvalue weighted by Crippen LogP contribution is -2.37. The van der Waals surface area contributed by atoms with Crippen LogP contribution in [0.1, 0.15) is 27.9 Å². The summed E-state index contributed by atoms with van der Waals surface area (Å²) in [4.78, 5) is 24.5. The highest BCUT2D eigenvalue weighted by molar-refractivity contribution is 6.30. The molecule has 1 heterocycles. The van der Waals surface area contributed by atoms with Crippen LogP contribution in [0, 0.1) is 0 Å². The van der Waals surface area contributed by atoms with E-state index in [1.807, 2.05) is 0 Å². The van der Waals surface area contributed by atoms with Gasteiger partial charge in [-0.15, -0.1) is 0 Å². The minimum absolute atomic E-state index is 0.222. The third-order valence-corrected chi connectivity index (χ3v) is 4.61. The Balaban J connectivity index is 2.19. The molecular formula is C22H22N2O6. The van der Waals surface area contributed by atoms with E-state index in [9.17, 15) is 19.8 Å². The summed E-state index contributed by atoms with van der Waals surface area (Å²) in [5.41, 5.74) is 1.15. The van der Waals surface area contributed by atoms with E-state index in [2.05, 4.69) is 10.6 Å². The molecule has 1 aliphatic heterocycles. The largest absolute Gasteiger partial charge is 0.504 e. The molecule has 2 aromatic rings. The van der Waals surface area contributed by atoms with Crippen LogP contribution in [0.25, 0.3) is 11.6 Å². The number of benzene rings is 2. The molecule has 8 nitrogen and oxygen atoms in total. The summed E-state index contributed by atoms with van der Waals surface area (Å²) in [5, 5.41) is 35.3. The number of Topliss-reactive ketones (excluding diaryl/α,β-unsaturated/α-hetero) is 1. The number of phenols is 2. The highest BCUT2D eigenvalue weighted by Crippen LogP contribution is 2.35. The Labute approximate surface area is 173 Å². The number of hydrogen-bond acceptors (Lipinski definition) is 7. The fourth-order valence-electron chi connectivity index (χ4n) is 3.12. The maximum atomic E-state index is 13.5. The van der Waals surface area contributed by atoms with Crippen LogP contribution in [-0.2, 0) is 4.79 Å². The Hall–Kier alpha value is -3.94. The molecule has 156 valence electrons. The summed E-state index contributed by atoms with van der Waals surface area (Å²) in [6, 6.07) is 9.04. The van der Waals surface area contributed by atoms with Crippen molar-refractivity contribution in [1.29, 1.82) is 0 Å². The molecule has 5 N–H and O–H groups in total. The predicted octanol–water partition coefficient (Wildman–Crippen LogP) is 2.34. The van der Waals surface area contributed by atoms with Gasteiger partial charge in [0.25, 0.3) is 0 Å². The number of carboxylic acids is 1. The van der Waals surface area contributed by atoms with Gasteiger partial charge in [-0.3, -0.25) is 4.79 Å². The second-order valence-electron chi connectivity index (χ2n) is 6.61. The van der Waals surface area contributed by atoms with Crippen molar-refractivity contribution >= 4 is 23.4 Å². The summed E-state index contributed by atoms with van der Waals surface area (Å²) in [6.07, 6.45) is 3.03. The van der Waals surface area contributed by atoms with Crippen LogP contribution >= 0.6 is 0 Å². The Morgan fingerprint density at radius 2 is 1.67 bits per heavy atom. The van der Waals surface area contributed by atoms with Gasteiger partial charge in [-0.2, -0.15) is 0 Å². The molecule has 8 heteroatoms. The summed E-state index contributed by atoms with van der Waals surface area (Å²) >= 11 is 0. The molecule has 1 saturated heterocycles. The van der Waals surface area contributed by atoms with Crippen molar-refractivity contribution in [2.75, 3.05) is 20.2 Å². The number of aromatic hydroxyl groups is 2. The van der Waals surface area contributed by atoms with Crippen molar-refractivity contribution in [2.45, 2.75) is 6.42 Å². The van der Waals surface area contributed by atoms with Crippen molar-refractivity contribution in [1.82, 2.24) is 10.6 Å². The van der Waals surface area contributed by atoms with Crippen LogP contribution in [0.2, 0.25) is 0 Å². The summed E-state index contributed by atoms with van der Waals surface area (Å²) < 4.78 is 5.14. The van der Waals surface area contributed by atoms with Gasteiger partial charge in [0.1, 0.15) is 11.6 Å². The van der Waals surface area contributed by atoms with Gasteiger partial charge in [0.05, 0.1) is 12.7 Å². The molecular weight excluding hydrogens is 388 g/mol. The number of carbonyl (C=O) groups is 2. The van der Waals surface area contributed by atoms with Crippen LogP contribution < -0.4 is 15.4 Å². The average Bonchev–Trinajstić information content (AvgIpc) is 2.76. The minimum Gasteiger partial charge on any atom is -0.504 e. The first-order chi connectivity index (χ1) is 14.4. The van der Waals surface area contributed by atoms with Crippen LogP contribution in [0.15, 0.2) is 48.3 Å². The third kappa shape index (κ3) is 4.54. The van der Waals surface area contributed by atoms with Gasteiger partial charge in [0, 0.05) is 30.3 Å². The first-order valence-corrected chi connectivity index (χ1v) is 9.29. The molecule has 0 aromatic heterocycles. The normalized spacial score (nSPS) is 13.4. The third-order valence-electron chi connectivity index (χ3n) is 4.61. The quantitative estimate of drug-likeness (QED) is 0.279. The molecule has 0 atom stereocenters.